The lowest BCUT2D eigenvalue weighted by Crippen LogP contribution is -2.53. The van der Waals surface area contributed by atoms with Crippen LogP contribution >= 0.6 is 0 Å². The number of hydrogen-bond donors (Lipinski definition) is 1. The summed E-state index contributed by atoms with van der Waals surface area (Å²) in [5.41, 5.74) is 1.36. The molecule has 5 heteroatoms. The lowest BCUT2D eigenvalue weighted by Gasteiger charge is -2.43. The second-order valence-corrected chi connectivity index (χ2v) is 7.02. The van der Waals surface area contributed by atoms with E-state index >= 15 is 0 Å². The molecule has 0 saturated heterocycles. The average molecular weight is 368 g/mol. The van der Waals surface area contributed by atoms with Gasteiger partial charge in [-0.3, -0.25) is 9.59 Å². The van der Waals surface area contributed by atoms with Crippen LogP contribution in [0.25, 0.3) is 0 Å². The number of hydrogen-bond acceptors (Lipinski definition) is 2. The Kier molecular flexibility index (Phi) is 5.89. The first kappa shape index (κ1) is 19.1. The van der Waals surface area contributed by atoms with Crippen LogP contribution in [0.4, 0.5) is 4.39 Å². The van der Waals surface area contributed by atoms with Gasteiger partial charge in [0.2, 0.25) is 11.8 Å². The molecule has 0 bridgehead atoms. The minimum Gasteiger partial charge on any atom is -0.350 e. The summed E-state index contributed by atoms with van der Waals surface area (Å²) in [6.45, 7) is 2.72. The first-order valence-electron chi connectivity index (χ1n) is 9.41. The van der Waals surface area contributed by atoms with Crippen LogP contribution in [0.2, 0.25) is 0 Å². The third-order valence-corrected chi connectivity index (χ3v) is 5.35. The number of amides is 2. The number of likely N-dealkylation sites (N-methyl/N-ethyl adjacent to an activating group) is 1. The van der Waals surface area contributed by atoms with Gasteiger partial charge in [-0.15, -0.1) is 0 Å². The predicted molar refractivity (Wildman–Crippen MR) is 102 cm³/mol. The number of nitrogens with one attached hydrogen (secondary N) is 1. The Morgan fingerprint density at radius 2 is 1.74 bits per heavy atom. The smallest absolute Gasteiger partial charge is 0.239 e. The summed E-state index contributed by atoms with van der Waals surface area (Å²) in [6, 6.07) is 15.9. The molecule has 0 heterocycles. The van der Waals surface area contributed by atoms with E-state index in [-0.39, 0.29) is 24.2 Å². The first-order valence-corrected chi connectivity index (χ1v) is 9.41. The highest BCUT2D eigenvalue weighted by Crippen LogP contribution is 2.45. The van der Waals surface area contributed by atoms with Crippen molar-refractivity contribution in [1.82, 2.24) is 10.2 Å². The van der Waals surface area contributed by atoms with Gasteiger partial charge in [-0.25, -0.2) is 4.39 Å². The van der Waals surface area contributed by atoms with Gasteiger partial charge in [-0.05, 0) is 43.0 Å². The molecule has 142 valence electrons. The molecular formula is C22H25FN2O2. The van der Waals surface area contributed by atoms with Gasteiger partial charge < -0.3 is 10.2 Å². The van der Waals surface area contributed by atoms with Crippen LogP contribution in [-0.2, 0) is 21.5 Å². The van der Waals surface area contributed by atoms with Crippen LogP contribution in [0.15, 0.2) is 54.6 Å². The van der Waals surface area contributed by atoms with Crippen LogP contribution < -0.4 is 5.32 Å². The van der Waals surface area contributed by atoms with E-state index in [4.69, 9.17) is 0 Å². The van der Waals surface area contributed by atoms with E-state index < -0.39 is 5.41 Å². The minimum atomic E-state index is -0.492. The van der Waals surface area contributed by atoms with Gasteiger partial charge in [-0.2, -0.15) is 0 Å². The van der Waals surface area contributed by atoms with E-state index in [2.05, 4.69) is 5.32 Å². The lowest BCUT2D eigenvalue weighted by atomic mass is 9.63. The van der Waals surface area contributed by atoms with Crippen LogP contribution in [0.1, 0.15) is 37.3 Å². The van der Waals surface area contributed by atoms with Crippen LogP contribution in [0.5, 0.6) is 0 Å². The number of benzene rings is 2. The van der Waals surface area contributed by atoms with Gasteiger partial charge >= 0.3 is 0 Å². The van der Waals surface area contributed by atoms with Gasteiger partial charge in [0, 0.05) is 13.1 Å². The summed E-state index contributed by atoms with van der Waals surface area (Å²) in [6.07, 6.45) is 2.67. The molecule has 1 saturated carbocycles. The summed E-state index contributed by atoms with van der Waals surface area (Å²) < 4.78 is 13.0. The molecule has 3 rings (SSSR count). The van der Waals surface area contributed by atoms with Crippen molar-refractivity contribution in [1.29, 1.82) is 0 Å². The third kappa shape index (κ3) is 4.18. The number of carbonyl (C=O) groups is 2. The van der Waals surface area contributed by atoms with Crippen molar-refractivity contribution in [2.45, 2.75) is 38.1 Å². The Labute approximate surface area is 159 Å². The molecule has 1 aliphatic rings. The Balaban J connectivity index is 1.63. The zero-order valence-corrected chi connectivity index (χ0v) is 15.6. The van der Waals surface area contributed by atoms with Gasteiger partial charge in [0.15, 0.2) is 0 Å². The Hall–Kier alpha value is -2.69. The standard InChI is InChI=1S/C22H25FN2O2/c1-2-25(16-20(26)24-15-17-9-11-19(23)12-10-17)21(27)22(13-6-14-22)18-7-4-3-5-8-18/h3-5,7-12H,2,6,13-16H2,1H3,(H,24,26). The van der Waals surface area contributed by atoms with Crippen LogP contribution in [0, 0.1) is 5.82 Å². The van der Waals surface area contributed by atoms with Gasteiger partial charge in [0.1, 0.15) is 5.82 Å². The molecule has 27 heavy (non-hydrogen) atoms. The SMILES string of the molecule is CCN(CC(=O)NCc1ccc(F)cc1)C(=O)C1(c2ccccc2)CCC1. The van der Waals surface area contributed by atoms with Crippen LogP contribution in [-0.4, -0.2) is 29.8 Å². The Morgan fingerprint density at radius 1 is 1.07 bits per heavy atom. The maximum Gasteiger partial charge on any atom is 0.239 e. The highest BCUT2D eigenvalue weighted by atomic mass is 19.1. The highest BCUT2D eigenvalue weighted by molar-refractivity contribution is 5.92. The molecule has 1 N–H and O–H groups in total. The molecule has 1 fully saturated rings. The van der Waals surface area contributed by atoms with E-state index in [1.54, 1.807) is 17.0 Å². The molecular weight excluding hydrogens is 343 g/mol. The summed E-state index contributed by atoms with van der Waals surface area (Å²) in [4.78, 5) is 27.2. The van der Waals surface area contributed by atoms with Gasteiger partial charge in [0.05, 0.1) is 12.0 Å². The normalized spacial score (nSPS) is 14.9. The van der Waals surface area contributed by atoms with E-state index in [1.165, 1.54) is 12.1 Å². The van der Waals surface area contributed by atoms with E-state index in [0.29, 0.717) is 13.1 Å². The fraction of sp³-hybridized carbons (Fsp3) is 0.364. The zero-order valence-electron chi connectivity index (χ0n) is 15.6. The summed E-state index contributed by atoms with van der Waals surface area (Å²) >= 11 is 0. The zero-order chi connectivity index (χ0) is 19.3. The monoisotopic (exact) mass is 368 g/mol. The topological polar surface area (TPSA) is 49.4 Å². The molecule has 0 unspecified atom stereocenters. The number of halogens is 1. The van der Waals surface area contributed by atoms with Crippen molar-refractivity contribution in [2.75, 3.05) is 13.1 Å². The fourth-order valence-corrected chi connectivity index (χ4v) is 3.58. The molecule has 1 aliphatic carbocycles. The van der Waals surface area contributed by atoms with Crippen molar-refractivity contribution in [2.24, 2.45) is 0 Å². The molecule has 0 aromatic heterocycles. The number of carbonyl (C=O) groups excluding carboxylic acids is 2. The van der Waals surface area contributed by atoms with Gasteiger partial charge in [-0.1, -0.05) is 48.9 Å². The summed E-state index contributed by atoms with van der Waals surface area (Å²) in [7, 11) is 0. The van der Waals surface area contributed by atoms with E-state index in [0.717, 1.165) is 30.4 Å². The molecule has 2 aromatic carbocycles. The van der Waals surface area contributed by atoms with Gasteiger partial charge in [0.25, 0.3) is 0 Å². The van der Waals surface area contributed by atoms with Crippen molar-refractivity contribution in [3.8, 4) is 0 Å². The predicted octanol–water partition coefficient (Wildman–Crippen LogP) is 3.41. The minimum absolute atomic E-state index is 0.0272. The number of rotatable bonds is 7. The van der Waals surface area contributed by atoms with Crippen molar-refractivity contribution in [3.63, 3.8) is 0 Å². The highest BCUT2D eigenvalue weighted by Gasteiger charge is 2.47. The Morgan fingerprint density at radius 3 is 2.30 bits per heavy atom. The maximum atomic E-state index is 13.2. The fourth-order valence-electron chi connectivity index (χ4n) is 3.58. The lowest BCUT2D eigenvalue weighted by molar-refractivity contribution is -0.143. The van der Waals surface area contributed by atoms with Crippen molar-refractivity contribution < 1.29 is 14.0 Å². The second kappa shape index (κ2) is 8.33. The summed E-state index contributed by atoms with van der Waals surface area (Å²) in [5, 5.41) is 2.81. The quantitative estimate of drug-likeness (QED) is 0.814. The van der Waals surface area contributed by atoms with Crippen LogP contribution in [0.3, 0.4) is 0 Å². The molecule has 0 aliphatic heterocycles. The molecule has 2 aromatic rings. The average Bonchev–Trinajstić information content (AvgIpc) is 2.65. The first-order chi connectivity index (χ1) is 13.0. The largest absolute Gasteiger partial charge is 0.350 e. The van der Waals surface area contributed by atoms with Crippen molar-refractivity contribution >= 4 is 11.8 Å². The van der Waals surface area contributed by atoms with E-state index in [1.807, 2.05) is 37.3 Å². The molecule has 0 radical (unpaired) electrons. The van der Waals surface area contributed by atoms with Crippen molar-refractivity contribution in [3.05, 3.63) is 71.5 Å². The number of nitrogens with zero attached hydrogens (tertiary/aromatic N) is 1. The molecule has 0 atom stereocenters. The summed E-state index contributed by atoms with van der Waals surface area (Å²) in [5.74, 6) is -0.490. The maximum absolute atomic E-state index is 13.2. The molecule has 4 nitrogen and oxygen atoms in total. The molecule has 0 spiro atoms. The third-order valence-electron chi connectivity index (χ3n) is 5.35. The second-order valence-electron chi connectivity index (χ2n) is 7.02. The molecule has 2 amide bonds. The Bertz CT molecular complexity index is 786. The van der Waals surface area contributed by atoms with E-state index in [9.17, 15) is 14.0 Å².